The van der Waals surface area contributed by atoms with Crippen molar-refractivity contribution in [1.29, 1.82) is 0 Å². The van der Waals surface area contributed by atoms with Gasteiger partial charge in [0.25, 0.3) is 0 Å². The summed E-state index contributed by atoms with van der Waals surface area (Å²) in [6.45, 7) is 6.21. The average molecular weight is 354 g/mol. The van der Waals surface area contributed by atoms with Crippen LogP contribution in [0.3, 0.4) is 0 Å². The molecular weight excluding hydrogens is 324 g/mol. The van der Waals surface area contributed by atoms with E-state index >= 15 is 0 Å². The summed E-state index contributed by atoms with van der Waals surface area (Å²) >= 11 is 0. The topological polar surface area (TPSA) is 35.5 Å². The molecule has 0 aliphatic heterocycles. The number of hydrogen-bond donors (Lipinski definition) is 0. The molecule has 1 unspecified atom stereocenters. The molecule has 0 amide bonds. The lowest BCUT2D eigenvalue weighted by Crippen LogP contribution is -2.15. The minimum Gasteiger partial charge on any atom is -0.426 e. The average Bonchev–Trinajstić information content (AvgIpc) is 2.66. The van der Waals surface area contributed by atoms with Crippen molar-refractivity contribution in [1.82, 2.24) is 0 Å². The number of carbonyl (C=O) groups is 1. The Bertz CT molecular complexity index is 679. The van der Waals surface area contributed by atoms with Crippen LogP contribution in [0.2, 0.25) is 0 Å². The number of rotatable bonds is 9. The number of carbonyl (C=O) groups excluding carboxylic acids is 1. The van der Waals surface area contributed by atoms with Crippen molar-refractivity contribution in [3.63, 3.8) is 0 Å². The SMILES string of the molecule is CCCCc1cccc(OC(=O)OC(C)c2ccccc2)c1CCCC. The number of aryl methyl sites for hydroxylation is 1. The monoisotopic (exact) mass is 354 g/mol. The van der Waals surface area contributed by atoms with Crippen molar-refractivity contribution >= 4 is 6.16 Å². The van der Waals surface area contributed by atoms with Crippen LogP contribution in [-0.4, -0.2) is 6.16 Å². The van der Waals surface area contributed by atoms with Crippen molar-refractivity contribution in [3.8, 4) is 5.75 Å². The van der Waals surface area contributed by atoms with Gasteiger partial charge in [0.1, 0.15) is 11.9 Å². The molecule has 140 valence electrons. The molecule has 0 spiro atoms. The van der Waals surface area contributed by atoms with Crippen molar-refractivity contribution in [2.45, 2.75) is 65.4 Å². The van der Waals surface area contributed by atoms with E-state index in [-0.39, 0.29) is 6.10 Å². The molecule has 3 heteroatoms. The first kappa shape index (κ1) is 20.0. The van der Waals surface area contributed by atoms with Crippen LogP contribution < -0.4 is 4.74 Å². The van der Waals surface area contributed by atoms with Gasteiger partial charge in [-0.05, 0) is 55.4 Å². The van der Waals surface area contributed by atoms with Crippen LogP contribution in [0.25, 0.3) is 0 Å². The minimum atomic E-state index is -0.647. The lowest BCUT2D eigenvalue weighted by molar-refractivity contribution is 0.0652. The Labute approximate surface area is 157 Å². The van der Waals surface area contributed by atoms with E-state index in [2.05, 4.69) is 19.9 Å². The quantitative estimate of drug-likeness (QED) is 0.373. The molecule has 2 aromatic rings. The standard InChI is InChI=1S/C23H30O3/c1-4-6-12-20-15-11-17-22(21(20)16-7-5-2)26-23(24)25-18(3)19-13-9-8-10-14-19/h8-11,13-15,17-18H,4-7,12,16H2,1-3H3. The molecule has 0 bridgehead atoms. The highest BCUT2D eigenvalue weighted by molar-refractivity contribution is 5.65. The molecule has 0 radical (unpaired) electrons. The maximum Gasteiger partial charge on any atom is 0.514 e. The molecule has 2 rings (SSSR count). The van der Waals surface area contributed by atoms with E-state index in [0.717, 1.165) is 49.7 Å². The van der Waals surface area contributed by atoms with E-state index in [9.17, 15) is 4.79 Å². The first-order valence-corrected chi connectivity index (χ1v) is 9.69. The second-order valence-electron chi connectivity index (χ2n) is 6.62. The van der Waals surface area contributed by atoms with Gasteiger partial charge in [0, 0.05) is 0 Å². The predicted octanol–water partition coefficient (Wildman–Crippen LogP) is 6.65. The van der Waals surface area contributed by atoms with Crippen LogP contribution >= 0.6 is 0 Å². The molecule has 0 aliphatic carbocycles. The third-order valence-corrected chi connectivity index (χ3v) is 4.55. The highest BCUT2D eigenvalue weighted by Crippen LogP contribution is 2.27. The van der Waals surface area contributed by atoms with Gasteiger partial charge in [-0.1, -0.05) is 69.2 Å². The van der Waals surface area contributed by atoms with Crippen molar-refractivity contribution in [2.24, 2.45) is 0 Å². The molecule has 0 aromatic heterocycles. The summed E-state index contributed by atoms with van der Waals surface area (Å²) in [6, 6.07) is 15.7. The molecule has 3 nitrogen and oxygen atoms in total. The van der Waals surface area contributed by atoms with Gasteiger partial charge in [0.05, 0.1) is 0 Å². The molecule has 0 saturated heterocycles. The van der Waals surface area contributed by atoms with E-state index in [1.54, 1.807) is 0 Å². The van der Waals surface area contributed by atoms with Crippen LogP contribution in [0, 0.1) is 0 Å². The summed E-state index contributed by atoms with van der Waals surface area (Å²) < 4.78 is 11.1. The number of benzene rings is 2. The molecule has 1 atom stereocenters. The number of unbranched alkanes of at least 4 members (excludes halogenated alkanes) is 2. The summed E-state index contributed by atoms with van der Waals surface area (Å²) in [6.07, 6.45) is 5.42. The van der Waals surface area contributed by atoms with Crippen molar-refractivity contribution < 1.29 is 14.3 Å². The fourth-order valence-electron chi connectivity index (χ4n) is 3.00. The number of ether oxygens (including phenoxy) is 2. The molecule has 0 heterocycles. The van der Waals surface area contributed by atoms with Gasteiger partial charge < -0.3 is 9.47 Å². The zero-order valence-corrected chi connectivity index (χ0v) is 16.2. The molecule has 0 aliphatic rings. The zero-order valence-electron chi connectivity index (χ0n) is 16.2. The van der Waals surface area contributed by atoms with Crippen LogP contribution in [0.5, 0.6) is 5.75 Å². The fourth-order valence-corrected chi connectivity index (χ4v) is 3.00. The maximum atomic E-state index is 12.3. The smallest absolute Gasteiger partial charge is 0.426 e. The van der Waals surface area contributed by atoms with Crippen LogP contribution in [0.15, 0.2) is 48.5 Å². The minimum absolute atomic E-state index is 0.342. The molecular formula is C23H30O3. The Hall–Kier alpha value is -2.29. The summed E-state index contributed by atoms with van der Waals surface area (Å²) in [5, 5.41) is 0. The van der Waals surface area contributed by atoms with E-state index < -0.39 is 6.16 Å². The van der Waals surface area contributed by atoms with Gasteiger partial charge in [0.15, 0.2) is 0 Å². The second-order valence-corrected chi connectivity index (χ2v) is 6.62. The van der Waals surface area contributed by atoms with E-state index in [1.807, 2.05) is 49.4 Å². The Morgan fingerprint density at radius 3 is 2.31 bits per heavy atom. The molecule has 0 N–H and O–H groups in total. The predicted molar refractivity (Wildman–Crippen MR) is 106 cm³/mol. The summed E-state index contributed by atoms with van der Waals surface area (Å²) in [4.78, 5) is 12.3. The summed E-state index contributed by atoms with van der Waals surface area (Å²) in [7, 11) is 0. The molecule has 2 aromatic carbocycles. The highest BCUT2D eigenvalue weighted by Gasteiger charge is 2.17. The van der Waals surface area contributed by atoms with Gasteiger partial charge in [-0.15, -0.1) is 0 Å². The molecule has 26 heavy (non-hydrogen) atoms. The van der Waals surface area contributed by atoms with E-state index in [4.69, 9.17) is 9.47 Å². The first-order valence-electron chi connectivity index (χ1n) is 9.69. The lowest BCUT2D eigenvalue weighted by atomic mass is 9.97. The van der Waals surface area contributed by atoms with Gasteiger partial charge >= 0.3 is 6.16 Å². The van der Waals surface area contributed by atoms with Gasteiger partial charge in [-0.3, -0.25) is 0 Å². The van der Waals surface area contributed by atoms with Crippen molar-refractivity contribution in [2.75, 3.05) is 0 Å². The van der Waals surface area contributed by atoms with Gasteiger partial charge in [0.2, 0.25) is 0 Å². The Kier molecular flexibility index (Phi) is 8.20. The van der Waals surface area contributed by atoms with Crippen molar-refractivity contribution in [3.05, 3.63) is 65.2 Å². The Morgan fingerprint density at radius 2 is 1.62 bits per heavy atom. The van der Waals surface area contributed by atoms with E-state index in [0.29, 0.717) is 5.75 Å². The van der Waals surface area contributed by atoms with Gasteiger partial charge in [-0.25, -0.2) is 4.79 Å². The molecule has 0 fully saturated rings. The van der Waals surface area contributed by atoms with E-state index in [1.165, 1.54) is 5.56 Å². The van der Waals surface area contributed by atoms with Gasteiger partial charge in [-0.2, -0.15) is 0 Å². The normalized spacial score (nSPS) is 11.8. The van der Waals surface area contributed by atoms with Crippen LogP contribution in [-0.2, 0) is 17.6 Å². The first-order chi connectivity index (χ1) is 12.7. The summed E-state index contributed by atoms with van der Waals surface area (Å²) in [5.41, 5.74) is 3.38. The number of hydrogen-bond acceptors (Lipinski definition) is 3. The van der Waals surface area contributed by atoms with Crippen LogP contribution in [0.4, 0.5) is 4.79 Å². The van der Waals surface area contributed by atoms with Crippen LogP contribution in [0.1, 0.15) is 69.2 Å². The second kappa shape index (κ2) is 10.6. The highest BCUT2D eigenvalue weighted by atomic mass is 16.7. The zero-order chi connectivity index (χ0) is 18.8. The Morgan fingerprint density at radius 1 is 0.923 bits per heavy atom. The third-order valence-electron chi connectivity index (χ3n) is 4.55. The maximum absolute atomic E-state index is 12.3. The molecule has 0 saturated carbocycles. The summed E-state index contributed by atoms with van der Waals surface area (Å²) in [5.74, 6) is 0.636. The fraction of sp³-hybridized carbons (Fsp3) is 0.435. The lowest BCUT2D eigenvalue weighted by Gasteiger charge is -2.17. The largest absolute Gasteiger partial charge is 0.514 e. The third kappa shape index (κ3) is 5.91. The Balaban J connectivity index is 2.10.